The van der Waals surface area contributed by atoms with Crippen molar-refractivity contribution in [3.05, 3.63) is 63.3 Å². The highest BCUT2D eigenvalue weighted by atomic mass is 79.9. The van der Waals surface area contributed by atoms with Gasteiger partial charge in [0.25, 0.3) is 0 Å². The zero-order chi connectivity index (χ0) is 20.3. The Morgan fingerprint density at radius 1 is 1.14 bits per heavy atom. The van der Waals surface area contributed by atoms with E-state index in [1.807, 2.05) is 43.3 Å². The number of benzene rings is 2. The van der Waals surface area contributed by atoms with Gasteiger partial charge < -0.3 is 14.6 Å². The summed E-state index contributed by atoms with van der Waals surface area (Å²) in [6, 6.07) is 11.7. The maximum atomic E-state index is 13.3. The number of allylic oxidation sites excluding steroid dienone is 1. The van der Waals surface area contributed by atoms with E-state index in [1.54, 1.807) is 0 Å². The van der Waals surface area contributed by atoms with Gasteiger partial charge in [0.15, 0.2) is 5.78 Å². The van der Waals surface area contributed by atoms with E-state index < -0.39 is 0 Å². The smallest absolute Gasteiger partial charge is 0.173 e. The number of Topliss-reactive ketones (excluding diaryl/α,β-unsaturated/α-hetero) is 1. The van der Waals surface area contributed by atoms with E-state index in [1.165, 1.54) is 0 Å². The van der Waals surface area contributed by atoms with Gasteiger partial charge in [-0.2, -0.15) is 0 Å². The van der Waals surface area contributed by atoms with Crippen LogP contribution in [0.25, 0.3) is 5.57 Å². The predicted octanol–water partition coefficient (Wildman–Crippen LogP) is 5.76. The number of fused-ring (bicyclic) bond motifs is 5. The molecular formula is C24H23BrO4. The third-order valence-electron chi connectivity index (χ3n) is 6.49. The lowest BCUT2D eigenvalue weighted by Crippen LogP contribution is -2.29. The van der Waals surface area contributed by atoms with Crippen LogP contribution in [0.4, 0.5) is 0 Å². The first-order chi connectivity index (χ1) is 14.0. The molecule has 3 aliphatic rings. The van der Waals surface area contributed by atoms with Gasteiger partial charge in [-0.1, -0.05) is 28.9 Å². The molecule has 1 aliphatic carbocycles. The van der Waals surface area contributed by atoms with E-state index in [-0.39, 0.29) is 35.6 Å². The van der Waals surface area contributed by atoms with Gasteiger partial charge in [0, 0.05) is 4.47 Å². The normalized spacial score (nSPS) is 27.6. The van der Waals surface area contributed by atoms with Crippen LogP contribution in [0.3, 0.4) is 0 Å². The number of rotatable bonds is 4. The summed E-state index contributed by atoms with van der Waals surface area (Å²) >= 11 is 3.47. The molecule has 2 heterocycles. The molecule has 2 aromatic rings. The second-order valence-corrected chi connectivity index (χ2v) is 9.07. The number of halogens is 1. The van der Waals surface area contributed by atoms with Crippen LogP contribution >= 0.6 is 15.9 Å². The summed E-state index contributed by atoms with van der Waals surface area (Å²) in [5.74, 6) is 1.24. The largest absolute Gasteiger partial charge is 0.511 e. The number of ether oxygens (including phenoxy) is 2. The summed E-state index contributed by atoms with van der Waals surface area (Å²) in [6.07, 6.45) is 2.53. The van der Waals surface area contributed by atoms with Gasteiger partial charge in [-0.05, 0) is 73.2 Å². The summed E-state index contributed by atoms with van der Waals surface area (Å²) < 4.78 is 13.0. The van der Waals surface area contributed by atoms with Crippen LogP contribution in [-0.2, 0) is 16.0 Å². The Hall–Kier alpha value is -2.11. The summed E-state index contributed by atoms with van der Waals surface area (Å²) in [5.41, 5.74) is 3.31. The minimum atomic E-state index is -0.230. The van der Waals surface area contributed by atoms with Crippen LogP contribution in [0, 0.1) is 18.8 Å². The molecular weight excluding hydrogens is 432 g/mol. The van der Waals surface area contributed by atoms with E-state index in [0.717, 1.165) is 46.2 Å². The van der Waals surface area contributed by atoms with E-state index in [9.17, 15) is 9.90 Å². The number of carbonyl (C=O) groups excluding carboxylic acids is 1. The van der Waals surface area contributed by atoms with E-state index in [4.69, 9.17) is 9.47 Å². The summed E-state index contributed by atoms with van der Waals surface area (Å²) in [7, 11) is 0. The fourth-order valence-corrected chi connectivity index (χ4v) is 5.58. The van der Waals surface area contributed by atoms with Gasteiger partial charge in [0.1, 0.15) is 17.3 Å². The van der Waals surface area contributed by atoms with Crippen molar-refractivity contribution in [2.45, 2.75) is 45.3 Å². The van der Waals surface area contributed by atoms with Crippen molar-refractivity contribution in [3.8, 4) is 11.5 Å². The average molecular weight is 455 g/mol. The molecule has 2 fully saturated rings. The number of aliphatic hydroxyl groups is 1. The molecule has 4 nitrogen and oxygen atoms in total. The second-order valence-electron chi connectivity index (χ2n) is 8.15. The number of hydrogen-bond acceptors (Lipinski definition) is 4. The minimum Gasteiger partial charge on any atom is -0.511 e. The summed E-state index contributed by atoms with van der Waals surface area (Å²) in [4.78, 5) is 13.3. The highest BCUT2D eigenvalue weighted by molar-refractivity contribution is 9.10. The van der Waals surface area contributed by atoms with Gasteiger partial charge in [0.05, 0.1) is 29.6 Å². The molecule has 2 aliphatic heterocycles. The molecule has 0 radical (unpaired) electrons. The van der Waals surface area contributed by atoms with Crippen LogP contribution in [0.2, 0.25) is 0 Å². The second kappa shape index (κ2) is 6.99. The highest BCUT2D eigenvalue weighted by Crippen LogP contribution is 2.54. The molecule has 0 amide bonds. The molecule has 0 saturated carbocycles. The molecule has 0 aromatic heterocycles. The lowest BCUT2D eigenvalue weighted by Gasteiger charge is -2.19. The van der Waals surface area contributed by atoms with Gasteiger partial charge in [-0.15, -0.1) is 0 Å². The van der Waals surface area contributed by atoms with Crippen molar-refractivity contribution in [2.24, 2.45) is 11.8 Å². The number of hydrogen-bond donors (Lipinski definition) is 1. The molecule has 1 N–H and O–H groups in total. The van der Waals surface area contributed by atoms with Crippen LogP contribution in [0.15, 0.2) is 46.6 Å². The van der Waals surface area contributed by atoms with E-state index in [0.29, 0.717) is 11.3 Å². The number of ketones is 1. The maximum absolute atomic E-state index is 13.3. The molecule has 29 heavy (non-hydrogen) atoms. The fourth-order valence-electron chi connectivity index (χ4n) is 5.10. The summed E-state index contributed by atoms with van der Waals surface area (Å²) in [6.45, 7) is 4.05. The molecule has 2 bridgehead atoms. The quantitative estimate of drug-likeness (QED) is 0.637. The lowest BCUT2D eigenvalue weighted by molar-refractivity contribution is -0.118. The molecule has 2 unspecified atom stereocenters. The van der Waals surface area contributed by atoms with Gasteiger partial charge in [-0.25, -0.2) is 0 Å². The first-order valence-electron chi connectivity index (χ1n) is 10.2. The van der Waals surface area contributed by atoms with Gasteiger partial charge in [0.2, 0.25) is 0 Å². The Balaban J connectivity index is 1.54. The molecule has 150 valence electrons. The molecule has 2 aromatic carbocycles. The van der Waals surface area contributed by atoms with Crippen molar-refractivity contribution in [3.63, 3.8) is 0 Å². The molecule has 5 rings (SSSR count). The van der Waals surface area contributed by atoms with Crippen LogP contribution in [0.1, 0.15) is 36.5 Å². The zero-order valence-corrected chi connectivity index (χ0v) is 18.0. The SMILES string of the molecule is CCc1ccc(Oc2ccc(Br)cc2C)cc1C1=C(O)[C@H]2C3CCC(O3)[C@H]2C1=O. The van der Waals surface area contributed by atoms with Crippen molar-refractivity contribution < 1.29 is 19.4 Å². The van der Waals surface area contributed by atoms with Crippen molar-refractivity contribution in [1.29, 1.82) is 0 Å². The standard InChI is InChI=1S/C24H23BrO4/c1-3-13-4-6-15(28-17-7-5-14(25)10-12(17)2)11-16(13)20-23(26)21-18-8-9-19(29-18)22(21)24(20)27/h4-7,10-11,18-19,21-22,26H,3,8-9H2,1-2H3/t18?,19?,21-,22+/m0/s1. The third kappa shape index (κ3) is 2.94. The molecule has 0 spiro atoms. The fraction of sp³-hybridized carbons (Fsp3) is 0.375. The maximum Gasteiger partial charge on any atom is 0.173 e. The van der Waals surface area contributed by atoms with Gasteiger partial charge >= 0.3 is 0 Å². The topological polar surface area (TPSA) is 55.8 Å². The van der Waals surface area contributed by atoms with E-state index in [2.05, 4.69) is 22.9 Å². The first-order valence-corrected chi connectivity index (χ1v) is 11.0. The number of aryl methyl sites for hydroxylation is 2. The van der Waals surface area contributed by atoms with E-state index >= 15 is 0 Å². The van der Waals surface area contributed by atoms with Crippen molar-refractivity contribution in [1.82, 2.24) is 0 Å². The first kappa shape index (κ1) is 18.9. The molecule has 5 heteroatoms. The van der Waals surface area contributed by atoms with Crippen LogP contribution in [0.5, 0.6) is 11.5 Å². The van der Waals surface area contributed by atoms with Crippen LogP contribution < -0.4 is 4.74 Å². The predicted molar refractivity (Wildman–Crippen MR) is 114 cm³/mol. The van der Waals surface area contributed by atoms with Crippen molar-refractivity contribution >= 4 is 27.3 Å². The monoisotopic (exact) mass is 454 g/mol. The average Bonchev–Trinajstić information content (AvgIpc) is 3.38. The Bertz CT molecular complexity index is 1040. The third-order valence-corrected chi connectivity index (χ3v) is 6.98. The highest BCUT2D eigenvalue weighted by Gasteiger charge is 2.59. The Morgan fingerprint density at radius 3 is 2.59 bits per heavy atom. The zero-order valence-electron chi connectivity index (χ0n) is 16.4. The molecule has 4 atom stereocenters. The number of aliphatic hydroxyl groups excluding tert-OH is 1. The minimum absolute atomic E-state index is 0.0198. The number of carbonyl (C=O) groups is 1. The van der Waals surface area contributed by atoms with Crippen molar-refractivity contribution in [2.75, 3.05) is 0 Å². The Labute approximate surface area is 178 Å². The van der Waals surface area contributed by atoms with Gasteiger partial charge in [-0.3, -0.25) is 4.79 Å². The Morgan fingerprint density at radius 2 is 1.90 bits per heavy atom. The summed E-state index contributed by atoms with van der Waals surface area (Å²) in [5, 5.41) is 11.0. The van der Waals surface area contributed by atoms with Crippen LogP contribution in [-0.4, -0.2) is 23.1 Å². The molecule has 2 saturated heterocycles. The lowest BCUT2D eigenvalue weighted by atomic mass is 9.80. The Kier molecular flexibility index (Phi) is 4.56.